The molecule has 0 radical (unpaired) electrons. The van der Waals surface area contributed by atoms with Crippen molar-refractivity contribution in [1.82, 2.24) is 19.5 Å². The van der Waals surface area contributed by atoms with E-state index in [0.717, 1.165) is 0 Å². The van der Waals surface area contributed by atoms with Crippen molar-refractivity contribution in [2.45, 2.75) is 57.1 Å². The first kappa shape index (κ1) is 22.7. The minimum Gasteiger partial charge on any atom is -0.481 e. The van der Waals surface area contributed by atoms with E-state index in [9.17, 15) is 24.6 Å². The molecule has 170 valence electrons. The first-order valence-corrected chi connectivity index (χ1v) is 9.85. The summed E-state index contributed by atoms with van der Waals surface area (Å²) in [6.45, 7) is 1.45. The molecule has 13 heteroatoms. The predicted molar refractivity (Wildman–Crippen MR) is 105 cm³/mol. The van der Waals surface area contributed by atoms with Gasteiger partial charge in [-0.25, -0.2) is 4.98 Å². The molecule has 1 unspecified atom stereocenters. The molecule has 0 saturated carbocycles. The van der Waals surface area contributed by atoms with Gasteiger partial charge in [-0.3, -0.25) is 23.9 Å². The molecule has 1 aliphatic rings. The Labute approximate surface area is 175 Å². The van der Waals surface area contributed by atoms with Gasteiger partial charge in [-0.1, -0.05) is 6.92 Å². The van der Waals surface area contributed by atoms with E-state index in [1.807, 2.05) is 0 Å². The number of carboxylic acid groups (broad SMARTS) is 1. The van der Waals surface area contributed by atoms with Crippen molar-refractivity contribution in [3.8, 4) is 0 Å². The van der Waals surface area contributed by atoms with Gasteiger partial charge >= 0.3 is 11.9 Å². The molecule has 0 aliphatic carbocycles. The van der Waals surface area contributed by atoms with Crippen molar-refractivity contribution < 1.29 is 34.4 Å². The summed E-state index contributed by atoms with van der Waals surface area (Å²) in [6.07, 6.45) is -2.48. The molecule has 1 saturated heterocycles. The fraction of sp³-hybridized carbons (Fsp3) is 0.611. The number of aliphatic hydroxyl groups is 2. The van der Waals surface area contributed by atoms with Crippen molar-refractivity contribution in [3.05, 3.63) is 16.7 Å². The molecule has 2 aromatic rings. The number of aliphatic carboxylic acids is 1. The summed E-state index contributed by atoms with van der Waals surface area (Å²) in [5.41, 5.74) is 5.05. The number of ether oxygens (including phenoxy) is 2. The number of carboxylic acids is 1. The summed E-state index contributed by atoms with van der Waals surface area (Å²) in [4.78, 5) is 45.1. The molecule has 1 fully saturated rings. The van der Waals surface area contributed by atoms with E-state index in [-0.39, 0.29) is 30.1 Å². The Hall–Kier alpha value is -3.03. The Morgan fingerprint density at radius 1 is 1.39 bits per heavy atom. The molecule has 2 aromatic heterocycles. The second-order valence-corrected chi connectivity index (χ2v) is 7.34. The summed E-state index contributed by atoms with van der Waals surface area (Å²) in [5.74, 6) is -2.12. The van der Waals surface area contributed by atoms with Gasteiger partial charge in [0, 0.05) is 6.42 Å². The minimum atomic E-state index is -1.40. The number of carbonyl (C=O) groups excluding carboxylic acids is 1. The number of H-pyrrole nitrogens is 1. The molecule has 13 nitrogen and oxygen atoms in total. The number of nitrogen functional groups attached to an aromatic ring is 1. The zero-order valence-corrected chi connectivity index (χ0v) is 16.8. The maximum atomic E-state index is 11.9. The smallest absolute Gasteiger partial charge is 0.306 e. The zero-order valence-electron chi connectivity index (χ0n) is 16.8. The largest absolute Gasteiger partial charge is 0.481 e. The Morgan fingerprint density at radius 2 is 2.13 bits per heavy atom. The molecule has 0 spiro atoms. The number of aromatic nitrogens is 4. The van der Waals surface area contributed by atoms with Crippen LogP contribution in [0.5, 0.6) is 0 Å². The van der Waals surface area contributed by atoms with E-state index in [0.29, 0.717) is 19.3 Å². The van der Waals surface area contributed by atoms with Gasteiger partial charge in [0.25, 0.3) is 5.56 Å². The van der Waals surface area contributed by atoms with Crippen LogP contribution in [0.1, 0.15) is 38.8 Å². The Morgan fingerprint density at radius 3 is 2.81 bits per heavy atom. The lowest BCUT2D eigenvalue weighted by Crippen LogP contribution is -2.34. The van der Waals surface area contributed by atoms with Gasteiger partial charge < -0.3 is 30.5 Å². The molecular formula is C18H25N5O8. The second kappa shape index (κ2) is 9.41. The van der Waals surface area contributed by atoms with Crippen molar-refractivity contribution in [2.75, 3.05) is 12.3 Å². The average Bonchev–Trinajstić information content (AvgIpc) is 3.25. The number of nitrogens with two attached hydrogens (primary N) is 1. The van der Waals surface area contributed by atoms with Crippen molar-refractivity contribution in [2.24, 2.45) is 5.92 Å². The lowest BCUT2D eigenvalue weighted by molar-refractivity contribution is -0.151. The number of esters is 1. The molecule has 0 aromatic carbocycles. The van der Waals surface area contributed by atoms with Crippen LogP contribution in [0.25, 0.3) is 11.2 Å². The normalized spacial score (nSPS) is 24.4. The topological polar surface area (TPSA) is 203 Å². The molecule has 0 amide bonds. The molecular weight excluding hydrogens is 414 g/mol. The molecule has 1 aliphatic heterocycles. The molecule has 3 rings (SSSR count). The van der Waals surface area contributed by atoms with Gasteiger partial charge in [0.1, 0.15) is 24.9 Å². The molecule has 6 N–H and O–H groups in total. The SMILES string of the molecule is CCC(CCCC(=O)OC[C@H]1O[C@@H](n2cnc3c(=O)[nH]c(N)nc32)[C@H](O)[C@@H]1O)C(=O)O. The van der Waals surface area contributed by atoms with Crippen molar-refractivity contribution in [1.29, 1.82) is 0 Å². The van der Waals surface area contributed by atoms with Crippen LogP contribution in [-0.2, 0) is 19.1 Å². The number of nitrogens with zero attached hydrogens (tertiary/aromatic N) is 3. The number of nitrogens with one attached hydrogen (secondary N) is 1. The highest BCUT2D eigenvalue weighted by Crippen LogP contribution is 2.31. The molecule has 31 heavy (non-hydrogen) atoms. The number of imidazole rings is 1. The van der Waals surface area contributed by atoms with Crippen LogP contribution >= 0.6 is 0 Å². The Bertz CT molecular complexity index is 1000. The summed E-state index contributed by atoms with van der Waals surface area (Å²) in [6, 6.07) is 0. The first-order valence-electron chi connectivity index (χ1n) is 9.85. The Kier molecular flexibility index (Phi) is 6.87. The van der Waals surface area contributed by atoms with Crippen LogP contribution in [-0.4, -0.2) is 71.7 Å². The Balaban J connectivity index is 1.58. The number of fused-ring (bicyclic) bond motifs is 1. The highest BCUT2D eigenvalue weighted by Gasteiger charge is 2.45. The number of hydrogen-bond donors (Lipinski definition) is 5. The number of hydrogen-bond acceptors (Lipinski definition) is 10. The fourth-order valence-electron chi connectivity index (χ4n) is 3.47. The monoisotopic (exact) mass is 439 g/mol. The van der Waals surface area contributed by atoms with Crippen LogP contribution in [0.15, 0.2) is 11.1 Å². The number of carbonyl (C=O) groups is 2. The highest BCUT2D eigenvalue weighted by molar-refractivity contribution is 5.71. The summed E-state index contributed by atoms with van der Waals surface area (Å²) in [7, 11) is 0. The third kappa shape index (κ3) is 4.84. The van der Waals surface area contributed by atoms with Gasteiger partial charge in [0.2, 0.25) is 5.95 Å². The lowest BCUT2D eigenvalue weighted by atomic mass is 10.00. The average molecular weight is 439 g/mol. The zero-order chi connectivity index (χ0) is 22.7. The van der Waals surface area contributed by atoms with Crippen molar-refractivity contribution in [3.63, 3.8) is 0 Å². The van der Waals surface area contributed by atoms with Gasteiger partial charge in [0.15, 0.2) is 17.4 Å². The van der Waals surface area contributed by atoms with E-state index in [1.54, 1.807) is 6.92 Å². The van der Waals surface area contributed by atoms with Gasteiger partial charge in [0.05, 0.1) is 12.2 Å². The lowest BCUT2D eigenvalue weighted by Gasteiger charge is -2.16. The predicted octanol–water partition coefficient (Wildman–Crippen LogP) is -0.855. The maximum Gasteiger partial charge on any atom is 0.306 e. The quantitative estimate of drug-likeness (QED) is 0.304. The standard InChI is InChI=1S/C18H25N5O8/c1-2-8(17(28)29)4-3-5-10(24)30-6-9-12(25)13(26)16(31-9)23-7-20-11-14(23)21-18(19)22-15(11)27/h7-9,12-13,16,25-26H,2-6H2,1H3,(H,28,29)(H3,19,21,22,27)/t8?,9-,12-,13-,16-/m1/s1. The second-order valence-electron chi connectivity index (χ2n) is 7.34. The van der Waals surface area contributed by atoms with E-state index >= 15 is 0 Å². The number of aliphatic hydroxyl groups excluding tert-OH is 2. The van der Waals surface area contributed by atoms with Crippen molar-refractivity contribution >= 4 is 29.1 Å². The molecule has 5 atom stereocenters. The summed E-state index contributed by atoms with van der Waals surface area (Å²) >= 11 is 0. The number of anilines is 1. The summed E-state index contributed by atoms with van der Waals surface area (Å²) < 4.78 is 12.0. The third-order valence-electron chi connectivity index (χ3n) is 5.25. The van der Waals surface area contributed by atoms with E-state index < -0.39 is 48.0 Å². The van der Waals surface area contributed by atoms with Gasteiger partial charge in [-0.2, -0.15) is 4.98 Å². The highest BCUT2D eigenvalue weighted by atomic mass is 16.6. The fourth-order valence-corrected chi connectivity index (χ4v) is 3.47. The molecule has 3 heterocycles. The minimum absolute atomic E-state index is 0.0129. The van der Waals surface area contributed by atoms with Crippen LogP contribution in [0, 0.1) is 5.92 Å². The van der Waals surface area contributed by atoms with E-state index in [4.69, 9.17) is 20.3 Å². The first-order chi connectivity index (χ1) is 14.7. The number of rotatable bonds is 9. The van der Waals surface area contributed by atoms with E-state index in [1.165, 1.54) is 10.9 Å². The van der Waals surface area contributed by atoms with Crippen LogP contribution in [0.2, 0.25) is 0 Å². The van der Waals surface area contributed by atoms with Crippen LogP contribution < -0.4 is 11.3 Å². The van der Waals surface area contributed by atoms with E-state index in [2.05, 4.69) is 15.0 Å². The van der Waals surface area contributed by atoms with Crippen LogP contribution in [0.3, 0.4) is 0 Å². The maximum absolute atomic E-state index is 11.9. The van der Waals surface area contributed by atoms with Crippen LogP contribution in [0.4, 0.5) is 5.95 Å². The third-order valence-corrected chi connectivity index (χ3v) is 5.25. The number of aromatic amines is 1. The van der Waals surface area contributed by atoms with Gasteiger partial charge in [-0.05, 0) is 19.3 Å². The molecule has 0 bridgehead atoms. The summed E-state index contributed by atoms with van der Waals surface area (Å²) in [5, 5.41) is 29.7. The van der Waals surface area contributed by atoms with Gasteiger partial charge in [-0.15, -0.1) is 0 Å².